The molecule has 0 amide bonds. The van der Waals surface area contributed by atoms with E-state index >= 15 is 0 Å². The van der Waals surface area contributed by atoms with Crippen molar-refractivity contribution >= 4 is 35.0 Å². The highest BCUT2D eigenvalue weighted by Gasteiger charge is 2.32. The minimum absolute atomic E-state index is 0.0160. The summed E-state index contributed by atoms with van der Waals surface area (Å²) in [7, 11) is 0. The smallest absolute Gasteiger partial charge is 0.416 e. The van der Waals surface area contributed by atoms with Crippen molar-refractivity contribution in [2.75, 3.05) is 0 Å². The number of carboxylic acids is 1. The zero-order chi connectivity index (χ0) is 25.1. The van der Waals surface area contributed by atoms with E-state index in [1.807, 2.05) is 0 Å². The van der Waals surface area contributed by atoms with Gasteiger partial charge in [-0.2, -0.15) is 13.2 Å². The lowest BCUT2D eigenvalue weighted by Gasteiger charge is -2.25. The summed E-state index contributed by atoms with van der Waals surface area (Å²) in [4.78, 5) is 24.1. The lowest BCUT2D eigenvalue weighted by molar-refractivity contribution is -0.145. The Morgan fingerprint density at radius 1 is 1.00 bits per heavy atom. The van der Waals surface area contributed by atoms with Crippen molar-refractivity contribution in [1.82, 2.24) is 0 Å². The first-order valence-electron chi connectivity index (χ1n) is 10.2. The van der Waals surface area contributed by atoms with Crippen molar-refractivity contribution in [3.63, 3.8) is 0 Å². The number of benzene rings is 2. The number of rotatable bonds is 8. The fraction of sp³-hybridized carbons (Fsp3) is 0.417. The third-order valence-corrected chi connectivity index (χ3v) is 6.11. The molecule has 2 aromatic rings. The first-order valence-corrected chi connectivity index (χ1v) is 11.0. The highest BCUT2D eigenvalue weighted by atomic mass is 35.5. The molecule has 0 fully saturated rings. The second-order valence-electron chi connectivity index (χ2n) is 8.68. The van der Waals surface area contributed by atoms with Gasteiger partial charge in [-0.15, -0.1) is 0 Å². The second kappa shape index (κ2) is 10.3. The summed E-state index contributed by atoms with van der Waals surface area (Å²) in [6.45, 7) is 6.89. The maximum atomic E-state index is 13.0. The molecular weight excluding hydrogens is 480 g/mol. The van der Waals surface area contributed by atoms with Gasteiger partial charge in [0, 0.05) is 17.8 Å². The van der Waals surface area contributed by atoms with Crippen molar-refractivity contribution in [1.29, 1.82) is 0 Å². The van der Waals surface area contributed by atoms with Gasteiger partial charge in [0.1, 0.15) is 16.6 Å². The predicted octanol–water partition coefficient (Wildman–Crippen LogP) is 7.39. The first-order chi connectivity index (χ1) is 15.2. The topological polar surface area (TPSA) is 63.6 Å². The maximum Gasteiger partial charge on any atom is 0.416 e. The van der Waals surface area contributed by atoms with Crippen LogP contribution in [0.1, 0.15) is 63.1 Å². The number of hydrogen-bond donors (Lipinski definition) is 1. The molecule has 0 spiro atoms. The number of ketones is 1. The molecule has 0 aliphatic heterocycles. The van der Waals surface area contributed by atoms with Gasteiger partial charge < -0.3 is 9.84 Å². The van der Waals surface area contributed by atoms with E-state index in [4.69, 9.17) is 27.9 Å². The molecule has 2 aromatic carbocycles. The van der Waals surface area contributed by atoms with E-state index in [9.17, 15) is 27.9 Å². The van der Waals surface area contributed by atoms with Gasteiger partial charge in [-0.1, -0.05) is 69.1 Å². The molecule has 2 unspecified atom stereocenters. The number of Topliss-reactive ketones (excluding diaryl/α,β-unsaturated/α-hetero) is 1. The molecule has 0 bridgehead atoms. The molecule has 180 valence electrons. The lowest BCUT2D eigenvalue weighted by atomic mass is 9.80. The lowest BCUT2D eigenvalue weighted by Crippen LogP contribution is -2.26. The van der Waals surface area contributed by atoms with E-state index < -0.39 is 35.1 Å². The number of carboxylic acid groups (broad SMARTS) is 1. The minimum atomic E-state index is -4.49. The number of halogens is 5. The molecule has 9 heteroatoms. The van der Waals surface area contributed by atoms with Crippen LogP contribution in [0.25, 0.3) is 0 Å². The number of carbonyl (C=O) groups is 2. The SMILES string of the molecule is CCC(Oc1ccc(C(CC(=O)C(C)(C)C)c2ccc(C(F)(F)F)cc2)c(Cl)c1Cl)C(=O)O. The standard InChI is InChI=1S/C24H25Cl2F3O4/c1-5-17(22(31)32)33-18-11-10-15(20(25)21(18)26)16(12-19(30)23(2,3)4)13-6-8-14(9-7-13)24(27,28)29/h6-11,16-17H,5,12H2,1-4H3,(H,31,32). The Kier molecular flexibility index (Phi) is 8.47. The van der Waals surface area contributed by atoms with E-state index in [1.54, 1.807) is 33.8 Å². The van der Waals surface area contributed by atoms with E-state index in [2.05, 4.69) is 0 Å². The number of hydrogen-bond acceptors (Lipinski definition) is 3. The van der Waals surface area contributed by atoms with Crippen LogP contribution in [0.3, 0.4) is 0 Å². The van der Waals surface area contributed by atoms with Crippen molar-refractivity contribution in [3.8, 4) is 5.75 Å². The van der Waals surface area contributed by atoms with Gasteiger partial charge in [-0.25, -0.2) is 4.79 Å². The second-order valence-corrected chi connectivity index (χ2v) is 9.44. The van der Waals surface area contributed by atoms with Crippen molar-refractivity contribution in [3.05, 3.63) is 63.1 Å². The molecular formula is C24H25Cl2F3O4. The fourth-order valence-electron chi connectivity index (χ4n) is 3.17. The zero-order valence-electron chi connectivity index (χ0n) is 18.6. The van der Waals surface area contributed by atoms with Crippen LogP contribution in [-0.2, 0) is 15.8 Å². The molecule has 2 rings (SSSR count). The third-order valence-electron chi connectivity index (χ3n) is 5.23. The largest absolute Gasteiger partial charge is 0.479 e. The van der Waals surface area contributed by atoms with E-state index in [1.165, 1.54) is 18.2 Å². The number of carbonyl (C=O) groups excluding carboxylic acids is 1. The number of ether oxygens (including phenoxy) is 1. The van der Waals surface area contributed by atoms with Gasteiger partial charge in [0.05, 0.1) is 10.6 Å². The quantitative estimate of drug-likeness (QED) is 0.406. The molecule has 0 aliphatic rings. The maximum absolute atomic E-state index is 13.0. The van der Waals surface area contributed by atoms with Crippen LogP contribution in [0.5, 0.6) is 5.75 Å². The Labute approximate surface area is 200 Å². The van der Waals surface area contributed by atoms with E-state index in [0.717, 1.165) is 12.1 Å². The molecule has 0 saturated carbocycles. The number of alkyl halides is 3. The normalized spacial score (nSPS) is 14.0. The summed E-state index contributed by atoms with van der Waals surface area (Å²) in [6, 6.07) is 7.54. The van der Waals surface area contributed by atoms with E-state index in [0.29, 0.717) is 11.1 Å². The van der Waals surface area contributed by atoms with Crippen LogP contribution >= 0.6 is 23.2 Å². The highest BCUT2D eigenvalue weighted by molar-refractivity contribution is 6.43. The monoisotopic (exact) mass is 504 g/mol. The average molecular weight is 505 g/mol. The Morgan fingerprint density at radius 2 is 1.58 bits per heavy atom. The number of aliphatic carboxylic acids is 1. The summed E-state index contributed by atoms with van der Waals surface area (Å²) in [5.41, 5.74) is -0.600. The molecule has 0 heterocycles. The molecule has 33 heavy (non-hydrogen) atoms. The summed E-state index contributed by atoms with van der Waals surface area (Å²) >= 11 is 12.9. The zero-order valence-corrected chi connectivity index (χ0v) is 20.1. The van der Waals surface area contributed by atoms with Gasteiger partial charge in [0.25, 0.3) is 0 Å². The van der Waals surface area contributed by atoms with Gasteiger partial charge in [0.2, 0.25) is 0 Å². The Morgan fingerprint density at radius 3 is 2.03 bits per heavy atom. The van der Waals surface area contributed by atoms with Gasteiger partial charge in [0.15, 0.2) is 6.10 Å². The van der Waals surface area contributed by atoms with Gasteiger partial charge in [-0.3, -0.25) is 4.79 Å². The summed E-state index contributed by atoms with van der Waals surface area (Å²) in [5, 5.41) is 9.23. The molecule has 1 N–H and O–H groups in total. The summed E-state index contributed by atoms with van der Waals surface area (Å²) < 4.78 is 44.5. The fourth-order valence-corrected chi connectivity index (χ4v) is 3.68. The molecule has 0 radical (unpaired) electrons. The van der Waals surface area contributed by atoms with Gasteiger partial charge >= 0.3 is 12.1 Å². The minimum Gasteiger partial charge on any atom is -0.479 e. The molecule has 0 aliphatic carbocycles. The van der Waals surface area contributed by atoms with Crippen LogP contribution in [0.15, 0.2) is 36.4 Å². The van der Waals surface area contributed by atoms with Gasteiger partial charge in [-0.05, 0) is 35.7 Å². The first kappa shape index (κ1) is 27.0. The average Bonchev–Trinajstić information content (AvgIpc) is 2.72. The van der Waals surface area contributed by atoms with Crippen LogP contribution in [0.2, 0.25) is 10.0 Å². The van der Waals surface area contributed by atoms with Crippen LogP contribution in [0.4, 0.5) is 13.2 Å². The third kappa shape index (κ3) is 6.64. The predicted molar refractivity (Wildman–Crippen MR) is 121 cm³/mol. The molecule has 2 atom stereocenters. The Balaban J connectivity index is 2.54. The molecule has 0 aromatic heterocycles. The van der Waals surface area contributed by atoms with Crippen LogP contribution in [0, 0.1) is 5.41 Å². The summed E-state index contributed by atoms with van der Waals surface area (Å²) in [5.74, 6) is -1.88. The molecule has 4 nitrogen and oxygen atoms in total. The Bertz CT molecular complexity index is 1010. The van der Waals surface area contributed by atoms with Crippen molar-refractivity contribution < 1.29 is 32.6 Å². The molecule has 0 saturated heterocycles. The highest BCUT2D eigenvalue weighted by Crippen LogP contribution is 2.43. The van der Waals surface area contributed by atoms with Crippen LogP contribution < -0.4 is 4.74 Å². The van der Waals surface area contributed by atoms with E-state index in [-0.39, 0.29) is 34.4 Å². The summed E-state index contributed by atoms with van der Waals surface area (Å²) in [6.07, 6.45) is -5.44. The van der Waals surface area contributed by atoms with Crippen molar-refractivity contribution in [2.24, 2.45) is 5.41 Å². The van der Waals surface area contributed by atoms with Crippen molar-refractivity contribution in [2.45, 2.75) is 58.7 Å². The Hall–Kier alpha value is -2.25. The van der Waals surface area contributed by atoms with Crippen LogP contribution in [-0.4, -0.2) is 23.0 Å².